The van der Waals surface area contributed by atoms with Crippen LogP contribution < -0.4 is 4.74 Å². The Labute approximate surface area is 94.9 Å². The van der Waals surface area contributed by atoms with E-state index in [0.29, 0.717) is 17.9 Å². The van der Waals surface area contributed by atoms with Crippen molar-refractivity contribution >= 4 is 5.57 Å². The van der Waals surface area contributed by atoms with Crippen LogP contribution in [0.5, 0.6) is 5.75 Å². The lowest BCUT2D eigenvalue weighted by Crippen LogP contribution is -2.22. The fraction of sp³-hybridized carbons (Fsp3) is 0.429. The normalized spacial score (nSPS) is 23.1. The summed E-state index contributed by atoms with van der Waals surface area (Å²) in [5.41, 5.74) is 3.08. The summed E-state index contributed by atoms with van der Waals surface area (Å²) in [6, 6.07) is 3.82. The largest absolute Gasteiger partial charge is 0.489 e. The monoisotopic (exact) mass is 218 g/mol. The zero-order valence-corrected chi connectivity index (χ0v) is 9.64. The molecule has 2 aliphatic rings. The number of ether oxygens (including phenoxy) is 1. The van der Waals surface area contributed by atoms with Crippen molar-refractivity contribution in [3.63, 3.8) is 0 Å². The zero-order chi connectivity index (χ0) is 11.3. The quantitative estimate of drug-likeness (QED) is 0.645. The summed E-state index contributed by atoms with van der Waals surface area (Å²) in [5.74, 6) is 0.248. The Morgan fingerprint density at radius 3 is 2.75 bits per heavy atom. The van der Waals surface area contributed by atoms with E-state index in [1.54, 1.807) is 6.92 Å². The maximum absolute atomic E-state index is 13.9. The van der Waals surface area contributed by atoms with Gasteiger partial charge in [0.05, 0.1) is 6.61 Å². The minimum Gasteiger partial charge on any atom is -0.489 e. The van der Waals surface area contributed by atoms with E-state index in [-0.39, 0.29) is 11.2 Å². The smallest absolute Gasteiger partial charge is 0.168 e. The molecule has 0 amide bonds. The van der Waals surface area contributed by atoms with Gasteiger partial charge in [-0.2, -0.15) is 0 Å². The summed E-state index contributed by atoms with van der Waals surface area (Å²) < 4.78 is 19.5. The van der Waals surface area contributed by atoms with Crippen molar-refractivity contribution in [1.82, 2.24) is 0 Å². The number of rotatable bonds is 0. The van der Waals surface area contributed by atoms with Crippen molar-refractivity contribution in [3.8, 4) is 5.75 Å². The number of halogens is 1. The first kappa shape index (κ1) is 9.88. The minimum absolute atomic E-state index is 0.198. The predicted octanol–water partition coefficient (Wildman–Crippen LogP) is 3.71. The fourth-order valence-electron chi connectivity index (χ4n) is 2.61. The van der Waals surface area contributed by atoms with E-state index in [1.165, 1.54) is 18.4 Å². The molecule has 1 aromatic rings. The van der Waals surface area contributed by atoms with E-state index in [4.69, 9.17) is 4.74 Å². The highest BCUT2D eigenvalue weighted by atomic mass is 19.1. The third-order valence-electron chi connectivity index (χ3n) is 3.79. The molecule has 3 rings (SSSR count). The Balaban J connectivity index is 2.20. The molecule has 1 spiro atoms. The van der Waals surface area contributed by atoms with Crippen molar-refractivity contribution in [1.29, 1.82) is 0 Å². The van der Waals surface area contributed by atoms with Gasteiger partial charge < -0.3 is 4.74 Å². The second kappa shape index (κ2) is 3.09. The molecule has 1 aliphatic heterocycles. The van der Waals surface area contributed by atoms with Crippen LogP contribution in [0, 0.1) is 18.2 Å². The van der Waals surface area contributed by atoms with Crippen molar-refractivity contribution in [2.24, 2.45) is 5.41 Å². The molecule has 0 aromatic heterocycles. The average Bonchev–Trinajstić information content (AvgIpc) is 3.04. The molecule has 1 heterocycles. The Morgan fingerprint density at radius 2 is 2.12 bits per heavy atom. The minimum atomic E-state index is -0.202. The lowest BCUT2D eigenvalue weighted by Gasteiger charge is -2.28. The third kappa shape index (κ3) is 1.16. The Kier molecular flexibility index (Phi) is 1.91. The highest BCUT2D eigenvalue weighted by Gasteiger charge is 2.50. The number of hydrogen-bond donors (Lipinski definition) is 0. The molecule has 16 heavy (non-hydrogen) atoms. The molecule has 1 aliphatic carbocycles. The van der Waals surface area contributed by atoms with Crippen molar-refractivity contribution < 1.29 is 9.13 Å². The van der Waals surface area contributed by atoms with Crippen LogP contribution in [0.4, 0.5) is 4.39 Å². The number of allylic oxidation sites excluding steroid dienone is 1. The first-order chi connectivity index (χ1) is 7.68. The van der Waals surface area contributed by atoms with Crippen LogP contribution >= 0.6 is 0 Å². The molecule has 0 unspecified atom stereocenters. The molecule has 0 saturated heterocycles. The molecular weight excluding hydrogens is 203 g/mol. The maximum Gasteiger partial charge on any atom is 0.168 e. The lowest BCUT2D eigenvalue weighted by molar-refractivity contribution is 0.244. The Bertz CT molecular complexity index is 484. The van der Waals surface area contributed by atoms with Crippen LogP contribution in [0.25, 0.3) is 5.57 Å². The molecule has 0 N–H and O–H groups in total. The molecule has 1 nitrogen and oxygen atoms in total. The van der Waals surface area contributed by atoms with E-state index < -0.39 is 0 Å². The second-order valence-corrected chi connectivity index (χ2v) is 4.84. The molecule has 1 fully saturated rings. The SMILES string of the molecule is C/C=C1/c2ccc(C)c(F)c2OCC12CC2. The lowest BCUT2D eigenvalue weighted by atomic mass is 9.86. The molecule has 1 saturated carbocycles. The van der Waals surface area contributed by atoms with Gasteiger partial charge in [-0.15, -0.1) is 0 Å². The van der Waals surface area contributed by atoms with Crippen LogP contribution in [0.3, 0.4) is 0 Å². The first-order valence-electron chi connectivity index (χ1n) is 5.77. The van der Waals surface area contributed by atoms with Crippen LogP contribution in [0.15, 0.2) is 18.2 Å². The van der Waals surface area contributed by atoms with E-state index in [1.807, 2.05) is 19.1 Å². The summed E-state index contributed by atoms with van der Waals surface area (Å²) >= 11 is 0. The molecule has 0 radical (unpaired) electrons. The summed E-state index contributed by atoms with van der Waals surface area (Å²) in [4.78, 5) is 0. The van der Waals surface area contributed by atoms with Gasteiger partial charge >= 0.3 is 0 Å². The fourth-order valence-corrected chi connectivity index (χ4v) is 2.61. The number of aryl methyl sites for hydroxylation is 1. The predicted molar refractivity (Wildman–Crippen MR) is 62.0 cm³/mol. The first-order valence-corrected chi connectivity index (χ1v) is 5.77. The van der Waals surface area contributed by atoms with Gasteiger partial charge in [0, 0.05) is 11.0 Å². The van der Waals surface area contributed by atoms with E-state index in [2.05, 4.69) is 6.08 Å². The van der Waals surface area contributed by atoms with Crippen LogP contribution in [0.2, 0.25) is 0 Å². The standard InChI is InChI=1S/C14H15FO/c1-3-11-10-5-4-9(2)12(15)13(10)16-8-14(11)6-7-14/h3-5H,6-8H2,1-2H3/b11-3-. The highest BCUT2D eigenvalue weighted by Crippen LogP contribution is 2.59. The number of hydrogen-bond acceptors (Lipinski definition) is 1. The van der Waals surface area contributed by atoms with Crippen molar-refractivity contribution in [2.75, 3.05) is 6.61 Å². The average molecular weight is 218 g/mol. The van der Waals surface area contributed by atoms with E-state index in [0.717, 1.165) is 5.56 Å². The molecule has 0 atom stereocenters. The number of benzene rings is 1. The zero-order valence-electron chi connectivity index (χ0n) is 9.64. The van der Waals surface area contributed by atoms with Crippen molar-refractivity contribution in [3.05, 3.63) is 35.2 Å². The van der Waals surface area contributed by atoms with Gasteiger partial charge in [-0.25, -0.2) is 4.39 Å². The van der Waals surface area contributed by atoms with Gasteiger partial charge in [0.2, 0.25) is 0 Å². The van der Waals surface area contributed by atoms with Crippen LogP contribution in [-0.2, 0) is 0 Å². The molecule has 1 aromatic carbocycles. The molecular formula is C14H15FO. The second-order valence-electron chi connectivity index (χ2n) is 4.84. The van der Waals surface area contributed by atoms with Crippen LogP contribution in [-0.4, -0.2) is 6.61 Å². The Morgan fingerprint density at radius 1 is 1.38 bits per heavy atom. The van der Waals surface area contributed by atoms with Gasteiger partial charge in [-0.05, 0) is 37.8 Å². The summed E-state index contributed by atoms with van der Waals surface area (Å²) in [6.07, 6.45) is 4.45. The van der Waals surface area contributed by atoms with E-state index in [9.17, 15) is 4.39 Å². The summed E-state index contributed by atoms with van der Waals surface area (Å²) in [7, 11) is 0. The van der Waals surface area contributed by atoms with Gasteiger partial charge in [0.1, 0.15) is 0 Å². The maximum atomic E-state index is 13.9. The van der Waals surface area contributed by atoms with E-state index >= 15 is 0 Å². The molecule has 84 valence electrons. The number of fused-ring (bicyclic) bond motifs is 1. The topological polar surface area (TPSA) is 9.23 Å². The van der Waals surface area contributed by atoms with Gasteiger partial charge in [0.25, 0.3) is 0 Å². The third-order valence-corrected chi connectivity index (χ3v) is 3.79. The van der Waals surface area contributed by atoms with Crippen LogP contribution in [0.1, 0.15) is 30.9 Å². The van der Waals surface area contributed by atoms with Gasteiger partial charge in [-0.3, -0.25) is 0 Å². The molecule has 0 bridgehead atoms. The van der Waals surface area contributed by atoms with Crippen molar-refractivity contribution in [2.45, 2.75) is 26.7 Å². The van der Waals surface area contributed by atoms with Gasteiger partial charge in [0.15, 0.2) is 11.6 Å². The summed E-state index contributed by atoms with van der Waals surface area (Å²) in [5, 5.41) is 0. The summed E-state index contributed by atoms with van der Waals surface area (Å²) in [6.45, 7) is 4.44. The Hall–Kier alpha value is -1.31. The van der Waals surface area contributed by atoms with Gasteiger partial charge in [-0.1, -0.05) is 18.2 Å². The molecule has 2 heteroatoms. The highest BCUT2D eigenvalue weighted by molar-refractivity contribution is 5.78.